The van der Waals surface area contributed by atoms with Crippen LogP contribution in [0.1, 0.15) is 31.4 Å². The van der Waals surface area contributed by atoms with Crippen LogP contribution in [0.2, 0.25) is 0 Å². The number of carbonyl (C=O) groups excluding carboxylic acids is 1. The fraction of sp³-hybridized carbons (Fsp3) is 0.429. The Morgan fingerprint density at radius 1 is 1.47 bits per heavy atom. The Bertz CT molecular complexity index is 474. The van der Waals surface area contributed by atoms with E-state index in [1.54, 1.807) is 0 Å². The number of benzene rings is 1. The Balaban J connectivity index is 2.69. The van der Waals surface area contributed by atoms with Crippen molar-refractivity contribution >= 4 is 28.8 Å². The quantitative estimate of drug-likeness (QED) is 0.696. The van der Waals surface area contributed by atoms with E-state index in [4.69, 9.17) is 18.0 Å². The summed E-state index contributed by atoms with van der Waals surface area (Å²) in [6.07, 6.45) is 0.931. The number of aryl methyl sites for hydroxylation is 1. The van der Waals surface area contributed by atoms with E-state index in [1.807, 2.05) is 39.0 Å². The van der Waals surface area contributed by atoms with Gasteiger partial charge in [0.2, 0.25) is 5.91 Å². The van der Waals surface area contributed by atoms with Gasteiger partial charge in [-0.15, -0.1) is 0 Å². The van der Waals surface area contributed by atoms with Crippen LogP contribution in [-0.4, -0.2) is 23.5 Å². The number of hydrogen-bond donors (Lipinski definition) is 3. The summed E-state index contributed by atoms with van der Waals surface area (Å²) in [5.74, 6) is -0.00192. The van der Waals surface area contributed by atoms with E-state index in [1.165, 1.54) is 0 Å². The summed E-state index contributed by atoms with van der Waals surface area (Å²) in [5.41, 5.74) is 8.36. The molecule has 5 heteroatoms. The van der Waals surface area contributed by atoms with Crippen LogP contribution in [0.5, 0.6) is 0 Å². The molecule has 0 aromatic heterocycles. The van der Waals surface area contributed by atoms with Crippen molar-refractivity contribution in [3.8, 4) is 0 Å². The molecule has 0 fully saturated rings. The second-order valence-electron chi connectivity index (χ2n) is 4.55. The highest BCUT2D eigenvalue weighted by Gasteiger charge is 2.12. The van der Waals surface area contributed by atoms with Crippen LogP contribution in [-0.2, 0) is 4.79 Å². The van der Waals surface area contributed by atoms with Crippen LogP contribution < -0.4 is 16.4 Å². The van der Waals surface area contributed by atoms with Crippen molar-refractivity contribution in [3.05, 3.63) is 29.3 Å². The Hall–Kier alpha value is -1.62. The lowest BCUT2D eigenvalue weighted by molar-refractivity contribution is -0.121. The first-order chi connectivity index (χ1) is 8.95. The van der Waals surface area contributed by atoms with Crippen molar-refractivity contribution in [2.24, 2.45) is 5.73 Å². The third-order valence-electron chi connectivity index (χ3n) is 2.82. The first-order valence-electron chi connectivity index (χ1n) is 6.40. The molecule has 104 valence electrons. The second-order valence-corrected chi connectivity index (χ2v) is 4.99. The highest BCUT2D eigenvalue weighted by atomic mass is 32.1. The van der Waals surface area contributed by atoms with E-state index in [0.29, 0.717) is 11.5 Å². The molecule has 0 spiro atoms. The summed E-state index contributed by atoms with van der Waals surface area (Å²) < 4.78 is 0. The van der Waals surface area contributed by atoms with Gasteiger partial charge in [-0.3, -0.25) is 4.79 Å². The maximum absolute atomic E-state index is 11.8. The molecule has 1 unspecified atom stereocenters. The predicted molar refractivity (Wildman–Crippen MR) is 83.5 cm³/mol. The van der Waals surface area contributed by atoms with Gasteiger partial charge in [-0.2, -0.15) is 0 Å². The van der Waals surface area contributed by atoms with Crippen LogP contribution in [0.4, 0.5) is 5.69 Å². The molecule has 1 aromatic rings. The van der Waals surface area contributed by atoms with E-state index >= 15 is 0 Å². The predicted octanol–water partition coefficient (Wildman–Crippen LogP) is 1.96. The maximum Gasteiger partial charge on any atom is 0.242 e. The first kappa shape index (κ1) is 15.4. The minimum atomic E-state index is -0.276. The van der Waals surface area contributed by atoms with Crippen molar-refractivity contribution in [1.82, 2.24) is 5.32 Å². The molecule has 19 heavy (non-hydrogen) atoms. The number of thiocarbonyl (C=S) groups is 1. The molecule has 0 bridgehead atoms. The number of amides is 1. The molecular weight excluding hydrogens is 258 g/mol. The van der Waals surface area contributed by atoms with E-state index in [0.717, 1.165) is 23.2 Å². The highest BCUT2D eigenvalue weighted by molar-refractivity contribution is 7.80. The lowest BCUT2D eigenvalue weighted by Crippen LogP contribution is -2.37. The summed E-state index contributed by atoms with van der Waals surface area (Å²) in [4.78, 5) is 12.1. The van der Waals surface area contributed by atoms with Gasteiger partial charge in [0.05, 0.1) is 0 Å². The van der Waals surface area contributed by atoms with E-state index < -0.39 is 0 Å². The molecule has 1 rings (SSSR count). The average Bonchev–Trinajstić information content (AvgIpc) is 2.35. The van der Waals surface area contributed by atoms with Crippen molar-refractivity contribution < 1.29 is 4.79 Å². The Morgan fingerprint density at radius 2 is 2.16 bits per heavy atom. The summed E-state index contributed by atoms with van der Waals surface area (Å²) >= 11 is 4.96. The van der Waals surface area contributed by atoms with Crippen LogP contribution in [0.15, 0.2) is 18.2 Å². The van der Waals surface area contributed by atoms with Gasteiger partial charge in [0.15, 0.2) is 0 Å². The van der Waals surface area contributed by atoms with Gasteiger partial charge in [-0.25, -0.2) is 0 Å². The molecule has 1 amide bonds. The molecule has 0 radical (unpaired) electrons. The standard InChI is InChI=1S/C14H21N3OS/c1-4-7-16-14(18)10(3)17-11-5-6-12(13(15)19)9(2)8-11/h5-6,8,10,17H,4,7H2,1-3H3,(H2,15,19)(H,16,18). The van der Waals surface area contributed by atoms with Crippen molar-refractivity contribution in [2.75, 3.05) is 11.9 Å². The first-order valence-corrected chi connectivity index (χ1v) is 6.81. The summed E-state index contributed by atoms with van der Waals surface area (Å²) in [6.45, 7) is 6.50. The lowest BCUT2D eigenvalue weighted by atomic mass is 10.1. The van der Waals surface area contributed by atoms with E-state index in [9.17, 15) is 4.79 Å². The van der Waals surface area contributed by atoms with E-state index in [-0.39, 0.29) is 11.9 Å². The highest BCUT2D eigenvalue weighted by Crippen LogP contribution is 2.16. The average molecular weight is 279 g/mol. The SMILES string of the molecule is CCCNC(=O)C(C)Nc1ccc(C(N)=S)c(C)c1. The zero-order chi connectivity index (χ0) is 14.4. The molecule has 0 heterocycles. The van der Waals surface area contributed by atoms with E-state index in [2.05, 4.69) is 10.6 Å². The topological polar surface area (TPSA) is 67.2 Å². The van der Waals surface area contributed by atoms with Gasteiger partial charge in [0, 0.05) is 17.8 Å². The molecule has 0 saturated heterocycles. The third kappa shape index (κ3) is 4.52. The van der Waals surface area contributed by atoms with Crippen molar-refractivity contribution in [1.29, 1.82) is 0 Å². The van der Waals surface area contributed by atoms with Crippen LogP contribution >= 0.6 is 12.2 Å². The molecule has 0 aliphatic rings. The number of hydrogen-bond acceptors (Lipinski definition) is 3. The second kappa shape index (κ2) is 7.09. The normalized spacial score (nSPS) is 11.7. The molecule has 4 N–H and O–H groups in total. The van der Waals surface area contributed by atoms with Gasteiger partial charge in [0.1, 0.15) is 11.0 Å². The molecule has 0 aliphatic carbocycles. The smallest absolute Gasteiger partial charge is 0.242 e. The fourth-order valence-electron chi connectivity index (χ4n) is 1.75. The largest absolute Gasteiger partial charge is 0.389 e. The van der Waals surface area contributed by atoms with Crippen LogP contribution in [0.25, 0.3) is 0 Å². The lowest BCUT2D eigenvalue weighted by Gasteiger charge is -2.16. The summed E-state index contributed by atoms with van der Waals surface area (Å²) in [5, 5.41) is 6.02. The third-order valence-corrected chi connectivity index (χ3v) is 3.04. The van der Waals surface area contributed by atoms with Gasteiger partial charge < -0.3 is 16.4 Å². The molecule has 1 atom stereocenters. The van der Waals surface area contributed by atoms with Gasteiger partial charge in [0.25, 0.3) is 0 Å². The monoisotopic (exact) mass is 279 g/mol. The summed E-state index contributed by atoms with van der Waals surface area (Å²) in [7, 11) is 0. The Kier molecular flexibility index (Phi) is 5.76. The molecule has 0 saturated carbocycles. The maximum atomic E-state index is 11.8. The number of carbonyl (C=O) groups is 1. The van der Waals surface area contributed by atoms with Gasteiger partial charge in [-0.05, 0) is 44.0 Å². The van der Waals surface area contributed by atoms with Gasteiger partial charge >= 0.3 is 0 Å². The molecular formula is C14H21N3OS. The number of nitrogens with two attached hydrogens (primary N) is 1. The minimum absolute atomic E-state index is 0.00192. The van der Waals surface area contributed by atoms with Crippen molar-refractivity contribution in [3.63, 3.8) is 0 Å². The minimum Gasteiger partial charge on any atom is -0.389 e. The zero-order valence-corrected chi connectivity index (χ0v) is 12.4. The number of rotatable bonds is 6. The number of nitrogens with one attached hydrogen (secondary N) is 2. The number of anilines is 1. The van der Waals surface area contributed by atoms with Crippen LogP contribution in [0.3, 0.4) is 0 Å². The van der Waals surface area contributed by atoms with Crippen molar-refractivity contribution in [2.45, 2.75) is 33.2 Å². The van der Waals surface area contributed by atoms with Gasteiger partial charge in [-0.1, -0.05) is 19.1 Å². The fourth-order valence-corrected chi connectivity index (χ4v) is 1.98. The summed E-state index contributed by atoms with van der Waals surface area (Å²) in [6, 6.07) is 5.42. The molecule has 1 aromatic carbocycles. The Labute approximate surface area is 119 Å². The zero-order valence-electron chi connectivity index (χ0n) is 11.6. The van der Waals surface area contributed by atoms with Crippen LogP contribution in [0, 0.1) is 6.92 Å². The Morgan fingerprint density at radius 3 is 2.68 bits per heavy atom. The molecule has 0 aliphatic heterocycles. The molecule has 4 nitrogen and oxygen atoms in total.